The van der Waals surface area contributed by atoms with Gasteiger partial charge in [-0.2, -0.15) is 0 Å². The zero-order valence-electron chi connectivity index (χ0n) is 14.8. The van der Waals surface area contributed by atoms with E-state index >= 15 is 0 Å². The first-order valence-electron chi connectivity index (χ1n) is 8.76. The van der Waals surface area contributed by atoms with Crippen LogP contribution in [0, 0.1) is 0 Å². The summed E-state index contributed by atoms with van der Waals surface area (Å²) in [5, 5.41) is 2.89. The van der Waals surface area contributed by atoms with Gasteiger partial charge < -0.3 is 14.8 Å². The summed E-state index contributed by atoms with van der Waals surface area (Å²) in [7, 11) is 1.60. The third-order valence-electron chi connectivity index (χ3n) is 4.40. The monoisotopic (exact) mass is 418 g/mol. The minimum Gasteiger partial charge on any atom is -0.493 e. The standard InChI is InChI=1S/C20H23BrN2O3/c1-25-19-14-15(22-20(24)16-6-2-3-7-17(16)21)8-9-18(19)26-13-12-23-10-4-5-11-23/h2-3,6-9,14H,4-5,10-13H2,1H3,(H,22,24). The van der Waals surface area contributed by atoms with Crippen molar-refractivity contribution in [2.75, 3.05) is 38.7 Å². The molecule has 1 heterocycles. The molecule has 1 saturated heterocycles. The Bertz CT molecular complexity index is 760. The Kier molecular flexibility index (Phi) is 6.52. The van der Waals surface area contributed by atoms with Crippen molar-refractivity contribution in [2.24, 2.45) is 0 Å². The molecule has 2 aromatic carbocycles. The molecule has 0 atom stereocenters. The van der Waals surface area contributed by atoms with Crippen molar-refractivity contribution in [3.8, 4) is 11.5 Å². The maximum absolute atomic E-state index is 12.4. The number of rotatable bonds is 7. The molecule has 3 rings (SSSR count). The largest absolute Gasteiger partial charge is 0.493 e. The van der Waals surface area contributed by atoms with Crippen molar-refractivity contribution < 1.29 is 14.3 Å². The average molecular weight is 419 g/mol. The minimum atomic E-state index is -0.178. The van der Waals surface area contributed by atoms with Crippen LogP contribution in [0.25, 0.3) is 0 Å². The van der Waals surface area contributed by atoms with Crippen molar-refractivity contribution in [1.29, 1.82) is 0 Å². The van der Waals surface area contributed by atoms with E-state index in [0.717, 1.165) is 24.1 Å². The molecule has 0 aromatic heterocycles. The number of ether oxygens (including phenoxy) is 2. The van der Waals surface area contributed by atoms with Gasteiger partial charge in [-0.15, -0.1) is 0 Å². The van der Waals surface area contributed by atoms with Gasteiger partial charge >= 0.3 is 0 Å². The number of benzene rings is 2. The number of halogens is 1. The first kappa shape index (κ1) is 18.7. The van der Waals surface area contributed by atoms with Crippen LogP contribution in [0.3, 0.4) is 0 Å². The number of hydrogen-bond acceptors (Lipinski definition) is 4. The number of anilines is 1. The third-order valence-corrected chi connectivity index (χ3v) is 5.10. The van der Waals surface area contributed by atoms with E-state index < -0.39 is 0 Å². The second kappa shape index (κ2) is 9.05. The number of likely N-dealkylation sites (tertiary alicyclic amines) is 1. The molecule has 1 amide bonds. The van der Waals surface area contributed by atoms with Crippen LogP contribution in [0.2, 0.25) is 0 Å². The van der Waals surface area contributed by atoms with Crippen molar-refractivity contribution in [2.45, 2.75) is 12.8 Å². The van der Waals surface area contributed by atoms with E-state index in [1.165, 1.54) is 12.8 Å². The lowest BCUT2D eigenvalue weighted by molar-refractivity contribution is 0.102. The number of nitrogens with zero attached hydrogens (tertiary/aromatic N) is 1. The number of carbonyl (C=O) groups is 1. The fraction of sp³-hybridized carbons (Fsp3) is 0.350. The highest BCUT2D eigenvalue weighted by Crippen LogP contribution is 2.30. The molecule has 0 bridgehead atoms. The van der Waals surface area contributed by atoms with Gasteiger partial charge in [-0.3, -0.25) is 9.69 Å². The Labute approximate surface area is 162 Å². The third kappa shape index (κ3) is 4.77. The molecule has 26 heavy (non-hydrogen) atoms. The first-order valence-corrected chi connectivity index (χ1v) is 9.56. The molecule has 6 heteroatoms. The van der Waals surface area contributed by atoms with Crippen LogP contribution in [0.15, 0.2) is 46.9 Å². The van der Waals surface area contributed by atoms with E-state index in [-0.39, 0.29) is 5.91 Å². The van der Waals surface area contributed by atoms with E-state index in [4.69, 9.17) is 9.47 Å². The van der Waals surface area contributed by atoms with Crippen LogP contribution >= 0.6 is 15.9 Å². The lowest BCUT2D eigenvalue weighted by Crippen LogP contribution is -2.25. The van der Waals surface area contributed by atoms with Crippen LogP contribution in [0.5, 0.6) is 11.5 Å². The van der Waals surface area contributed by atoms with Crippen molar-refractivity contribution in [3.05, 3.63) is 52.5 Å². The predicted octanol–water partition coefficient (Wildman–Crippen LogP) is 4.18. The molecule has 0 saturated carbocycles. The number of nitrogens with one attached hydrogen (secondary N) is 1. The summed E-state index contributed by atoms with van der Waals surface area (Å²) in [5.41, 5.74) is 1.24. The molecule has 1 N–H and O–H groups in total. The van der Waals surface area contributed by atoms with Crippen LogP contribution in [-0.2, 0) is 0 Å². The average Bonchev–Trinajstić information content (AvgIpc) is 3.16. The van der Waals surface area contributed by atoms with E-state index in [9.17, 15) is 4.79 Å². The maximum atomic E-state index is 12.4. The fourth-order valence-corrected chi connectivity index (χ4v) is 3.46. The summed E-state index contributed by atoms with van der Waals surface area (Å²) >= 11 is 3.40. The molecule has 1 aliphatic heterocycles. The Balaban J connectivity index is 1.62. The second-order valence-corrected chi connectivity index (χ2v) is 7.05. The summed E-state index contributed by atoms with van der Waals surface area (Å²) in [6.07, 6.45) is 2.55. The van der Waals surface area contributed by atoms with Gasteiger partial charge in [0, 0.05) is 22.8 Å². The van der Waals surface area contributed by atoms with Crippen LogP contribution in [0.4, 0.5) is 5.69 Å². The molecule has 2 aromatic rings. The van der Waals surface area contributed by atoms with Crippen molar-refractivity contribution in [1.82, 2.24) is 4.90 Å². The van der Waals surface area contributed by atoms with Gasteiger partial charge in [0.15, 0.2) is 11.5 Å². The Morgan fingerprint density at radius 2 is 1.92 bits per heavy atom. The highest BCUT2D eigenvalue weighted by Gasteiger charge is 2.13. The van der Waals surface area contributed by atoms with Crippen molar-refractivity contribution in [3.63, 3.8) is 0 Å². The molecule has 1 aliphatic rings. The van der Waals surface area contributed by atoms with Gasteiger partial charge in [-0.05, 0) is 66.1 Å². The quantitative estimate of drug-likeness (QED) is 0.732. The number of methoxy groups -OCH3 is 1. The normalized spacial score (nSPS) is 14.2. The van der Waals surface area contributed by atoms with E-state index in [1.807, 2.05) is 30.3 Å². The summed E-state index contributed by atoms with van der Waals surface area (Å²) in [6.45, 7) is 3.85. The topological polar surface area (TPSA) is 50.8 Å². The van der Waals surface area contributed by atoms with E-state index in [2.05, 4.69) is 26.1 Å². The second-order valence-electron chi connectivity index (χ2n) is 6.20. The lowest BCUT2D eigenvalue weighted by Gasteiger charge is -2.17. The molecular weight excluding hydrogens is 396 g/mol. The molecule has 0 radical (unpaired) electrons. The predicted molar refractivity (Wildman–Crippen MR) is 106 cm³/mol. The lowest BCUT2D eigenvalue weighted by atomic mass is 10.2. The van der Waals surface area contributed by atoms with Gasteiger partial charge in [0.2, 0.25) is 0 Å². The van der Waals surface area contributed by atoms with E-state index in [1.54, 1.807) is 19.2 Å². The van der Waals surface area contributed by atoms with Crippen LogP contribution in [-0.4, -0.2) is 44.2 Å². The van der Waals surface area contributed by atoms with E-state index in [0.29, 0.717) is 29.4 Å². The van der Waals surface area contributed by atoms with Gasteiger partial charge in [-0.1, -0.05) is 12.1 Å². The summed E-state index contributed by atoms with van der Waals surface area (Å²) in [5.74, 6) is 1.11. The number of amides is 1. The number of carbonyl (C=O) groups excluding carboxylic acids is 1. The summed E-state index contributed by atoms with van der Waals surface area (Å²) < 4.78 is 12.0. The minimum absolute atomic E-state index is 0.178. The molecule has 138 valence electrons. The number of hydrogen-bond donors (Lipinski definition) is 1. The zero-order valence-corrected chi connectivity index (χ0v) is 16.4. The Morgan fingerprint density at radius 3 is 2.65 bits per heavy atom. The Hall–Kier alpha value is -2.05. The van der Waals surface area contributed by atoms with Gasteiger partial charge in [-0.25, -0.2) is 0 Å². The molecular formula is C20H23BrN2O3. The molecule has 1 fully saturated rings. The van der Waals surface area contributed by atoms with Crippen molar-refractivity contribution >= 4 is 27.5 Å². The molecule has 0 spiro atoms. The Morgan fingerprint density at radius 1 is 1.15 bits per heavy atom. The van der Waals surface area contributed by atoms with Gasteiger partial charge in [0.25, 0.3) is 5.91 Å². The summed E-state index contributed by atoms with van der Waals surface area (Å²) in [6, 6.07) is 12.7. The van der Waals surface area contributed by atoms with Gasteiger partial charge in [0.1, 0.15) is 6.61 Å². The maximum Gasteiger partial charge on any atom is 0.256 e. The highest BCUT2D eigenvalue weighted by atomic mass is 79.9. The van der Waals surface area contributed by atoms with Gasteiger partial charge in [0.05, 0.1) is 12.7 Å². The first-order chi connectivity index (χ1) is 12.7. The smallest absolute Gasteiger partial charge is 0.256 e. The SMILES string of the molecule is COc1cc(NC(=O)c2ccccc2Br)ccc1OCCN1CCCC1. The fourth-order valence-electron chi connectivity index (χ4n) is 3.00. The zero-order chi connectivity index (χ0) is 18.4. The highest BCUT2D eigenvalue weighted by molar-refractivity contribution is 9.10. The summed E-state index contributed by atoms with van der Waals surface area (Å²) in [4.78, 5) is 14.8. The van der Waals surface area contributed by atoms with Crippen LogP contribution in [0.1, 0.15) is 23.2 Å². The van der Waals surface area contributed by atoms with Crippen LogP contribution < -0.4 is 14.8 Å². The molecule has 0 unspecified atom stereocenters. The molecule has 5 nitrogen and oxygen atoms in total. The molecule has 0 aliphatic carbocycles.